The summed E-state index contributed by atoms with van der Waals surface area (Å²) in [5, 5.41) is 9.50. The van der Waals surface area contributed by atoms with Gasteiger partial charge in [0.05, 0.1) is 4.90 Å². The van der Waals surface area contributed by atoms with Gasteiger partial charge in [-0.2, -0.15) is 4.72 Å². The number of aliphatic carboxylic acids is 1. The number of nitrogens with one attached hydrogen (secondary N) is 1. The minimum atomic E-state index is -4.09. The van der Waals surface area contributed by atoms with Gasteiger partial charge in [-0.1, -0.05) is 48.0 Å². The van der Waals surface area contributed by atoms with Crippen LogP contribution in [-0.2, 0) is 14.8 Å². The molecule has 0 saturated heterocycles. The first kappa shape index (κ1) is 22.4. The van der Waals surface area contributed by atoms with Crippen molar-refractivity contribution in [3.05, 3.63) is 53.6 Å². The number of hydrogen-bond donors (Lipinski definition) is 3. The minimum absolute atomic E-state index is 0. The molecule has 9 heteroatoms. The summed E-state index contributed by atoms with van der Waals surface area (Å²) >= 11 is 5.97. The van der Waals surface area contributed by atoms with E-state index in [1.54, 1.807) is 36.4 Å². The van der Waals surface area contributed by atoms with Crippen LogP contribution < -0.4 is 10.5 Å². The van der Waals surface area contributed by atoms with Crippen LogP contribution in [0.4, 0.5) is 0 Å². The predicted molar refractivity (Wildman–Crippen MR) is 104 cm³/mol. The zero-order valence-corrected chi connectivity index (χ0v) is 16.2. The monoisotopic (exact) mass is 418 g/mol. The van der Waals surface area contributed by atoms with Crippen LogP contribution in [0.1, 0.15) is 12.8 Å². The summed E-state index contributed by atoms with van der Waals surface area (Å²) in [5.74, 6) is -1.25. The van der Waals surface area contributed by atoms with E-state index in [9.17, 15) is 18.3 Å². The van der Waals surface area contributed by atoms with Crippen LogP contribution in [0, 0.1) is 0 Å². The predicted octanol–water partition coefficient (Wildman–Crippen LogP) is 2.90. The van der Waals surface area contributed by atoms with Gasteiger partial charge in [0.1, 0.15) is 6.04 Å². The van der Waals surface area contributed by atoms with Crippen LogP contribution in [0.3, 0.4) is 0 Å². The Hall–Kier alpha value is -1.64. The minimum Gasteiger partial charge on any atom is -0.480 e. The summed E-state index contributed by atoms with van der Waals surface area (Å²) in [6.07, 6.45) is 0.493. The van der Waals surface area contributed by atoms with Crippen molar-refractivity contribution < 1.29 is 18.3 Å². The lowest BCUT2D eigenvalue weighted by Crippen LogP contribution is -2.41. The third-order valence-corrected chi connectivity index (χ3v) is 5.36. The van der Waals surface area contributed by atoms with E-state index in [1.165, 1.54) is 6.07 Å². The van der Waals surface area contributed by atoms with Crippen molar-refractivity contribution in [2.75, 3.05) is 6.54 Å². The Morgan fingerprint density at radius 3 is 2.42 bits per heavy atom. The van der Waals surface area contributed by atoms with Gasteiger partial charge in [0.15, 0.2) is 0 Å². The molecule has 0 unspecified atom stereocenters. The van der Waals surface area contributed by atoms with Crippen molar-refractivity contribution in [2.24, 2.45) is 5.73 Å². The number of sulfonamides is 1. The second-order valence-electron chi connectivity index (χ2n) is 5.45. The Morgan fingerprint density at radius 2 is 1.85 bits per heavy atom. The summed E-state index contributed by atoms with van der Waals surface area (Å²) in [7, 11) is -4.09. The molecule has 2 aromatic rings. The molecule has 0 aromatic heterocycles. The molecule has 2 rings (SSSR count). The molecule has 0 aliphatic carbocycles. The zero-order chi connectivity index (χ0) is 18.4. The number of benzene rings is 2. The molecule has 26 heavy (non-hydrogen) atoms. The molecule has 4 N–H and O–H groups in total. The fourth-order valence-corrected chi connectivity index (χ4v) is 4.09. The Bertz CT molecular complexity index is 845. The van der Waals surface area contributed by atoms with Crippen LogP contribution >= 0.6 is 24.0 Å². The van der Waals surface area contributed by atoms with Crippen molar-refractivity contribution in [1.29, 1.82) is 0 Å². The molecule has 0 fully saturated rings. The molecule has 6 nitrogen and oxygen atoms in total. The molecule has 0 radical (unpaired) electrons. The van der Waals surface area contributed by atoms with Gasteiger partial charge < -0.3 is 10.8 Å². The standard InChI is InChI=1S/C17H19ClN2O4S.ClH/c18-13-8-9-14(12-5-2-1-3-6-12)16(11-13)25(23,24)20-15(17(21)22)7-4-10-19;/h1-3,5-6,8-9,11,15,20H,4,7,10,19H2,(H,21,22);1H/t15-;/m1./s1. The highest BCUT2D eigenvalue weighted by Gasteiger charge is 2.27. The van der Waals surface area contributed by atoms with Gasteiger partial charge in [-0.05, 0) is 37.1 Å². The van der Waals surface area contributed by atoms with Gasteiger partial charge in [0.2, 0.25) is 10.0 Å². The van der Waals surface area contributed by atoms with Crippen molar-refractivity contribution in [3.63, 3.8) is 0 Å². The lowest BCUT2D eigenvalue weighted by Gasteiger charge is -2.17. The lowest BCUT2D eigenvalue weighted by atomic mass is 10.1. The normalized spacial score (nSPS) is 12.2. The fourth-order valence-electron chi connectivity index (χ4n) is 2.38. The number of hydrogen-bond acceptors (Lipinski definition) is 4. The number of rotatable bonds is 8. The maximum Gasteiger partial charge on any atom is 0.321 e. The van der Waals surface area contributed by atoms with Crippen LogP contribution in [0.15, 0.2) is 53.4 Å². The van der Waals surface area contributed by atoms with Crippen molar-refractivity contribution in [2.45, 2.75) is 23.8 Å². The summed E-state index contributed by atoms with van der Waals surface area (Å²) in [6.45, 7) is 0.276. The van der Waals surface area contributed by atoms with Crippen molar-refractivity contribution in [1.82, 2.24) is 4.72 Å². The Labute approximate surface area is 163 Å². The van der Waals surface area contributed by atoms with Gasteiger partial charge in [-0.25, -0.2) is 8.42 Å². The van der Waals surface area contributed by atoms with E-state index in [-0.39, 0.29) is 35.3 Å². The largest absolute Gasteiger partial charge is 0.480 e. The molecular weight excluding hydrogens is 399 g/mol. The molecule has 142 valence electrons. The molecule has 0 amide bonds. The summed E-state index contributed by atoms with van der Waals surface area (Å²) in [5.41, 5.74) is 6.52. The SMILES string of the molecule is Cl.NCCC[C@@H](NS(=O)(=O)c1cc(Cl)ccc1-c1ccccc1)C(=O)O. The molecule has 1 atom stereocenters. The van der Waals surface area contributed by atoms with Crippen LogP contribution in [0.2, 0.25) is 5.02 Å². The van der Waals surface area contributed by atoms with Gasteiger partial charge in [-0.3, -0.25) is 4.79 Å². The molecule has 0 spiro atoms. The number of carbonyl (C=O) groups is 1. The maximum absolute atomic E-state index is 12.8. The third-order valence-electron chi connectivity index (χ3n) is 3.61. The van der Waals surface area contributed by atoms with Crippen molar-refractivity contribution >= 4 is 40.0 Å². The van der Waals surface area contributed by atoms with Gasteiger partial charge in [-0.15, -0.1) is 12.4 Å². The number of carboxylic acid groups (broad SMARTS) is 1. The molecule has 0 heterocycles. The molecule has 0 bridgehead atoms. The summed E-state index contributed by atoms with van der Waals surface area (Å²) < 4.78 is 27.8. The van der Waals surface area contributed by atoms with Crippen LogP contribution in [0.25, 0.3) is 11.1 Å². The molecular formula is C17H20Cl2N2O4S. The Kier molecular flexibility index (Phi) is 8.52. The average molecular weight is 419 g/mol. The summed E-state index contributed by atoms with van der Waals surface area (Å²) in [4.78, 5) is 11.3. The van der Waals surface area contributed by atoms with E-state index in [4.69, 9.17) is 17.3 Å². The molecule has 0 aliphatic heterocycles. The van der Waals surface area contributed by atoms with Gasteiger partial charge in [0.25, 0.3) is 0 Å². The topological polar surface area (TPSA) is 109 Å². The highest BCUT2D eigenvalue weighted by atomic mass is 35.5. The molecule has 0 aliphatic rings. The lowest BCUT2D eigenvalue weighted by molar-refractivity contribution is -0.139. The second-order valence-corrected chi connectivity index (χ2v) is 7.57. The zero-order valence-electron chi connectivity index (χ0n) is 13.8. The van der Waals surface area contributed by atoms with E-state index in [1.807, 2.05) is 6.07 Å². The van der Waals surface area contributed by atoms with E-state index in [0.717, 1.165) is 0 Å². The van der Waals surface area contributed by atoms with E-state index >= 15 is 0 Å². The first-order valence-corrected chi connectivity index (χ1v) is 9.51. The second kappa shape index (κ2) is 9.89. The van der Waals surface area contributed by atoms with Crippen molar-refractivity contribution in [3.8, 4) is 11.1 Å². The Morgan fingerprint density at radius 1 is 1.19 bits per heavy atom. The average Bonchev–Trinajstić information content (AvgIpc) is 2.59. The fraction of sp³-hybridized carbons (Fsp3) is 0.235. The smallest absolute Gasteiger partial charge is 0.321 e. The van der Waals surface area contributed by atoms with Crippen LogP contribution in [-0.4, -0.2) is 32.1 Å². The summed E-state index contributed by atoms with van der Waals surface area (Å²) in [6, 6.07) is 12.2. The van der Waals surface area contributed by atoms with Crippen LogP contribution in [0.5, 0.6) is 0 Å². The molecule has 0 saturated carbocycles. The van der Waals surface area contributed by atoms with E-state index < -0.39 is 22.0 Å². The number of nitrogens with two attached hydrogens (primary N) is 1. The van der Waals surface area contributed by atoms with E-state index in [2.05, 4.69) is 4.72 Å². The quantitative estimate of drug-likeness (QED) is 0.610. The highest BCUT2D eigenvalue weighted by Crippen LogP contribution is 2.30. The molecule has 2 aromatic carbocycles. The highest BCUT2D eigenvalue weighted by molar-refractivity contribution is 7.89. The first-order valence-electron chi connectivity index (χ1n) is 7.65. The first-order chi connectivity index (χ1) is 11.8. The van der Waals surface area contributed by atoms with Gasteiger partial charge >= 0.3 is 5.97 Å². The Balaban J connectivity index is 0.00000338. The number of halogens is 2. The van der Waals surface area contributed by atoms with Gasteiger partial charge in [0, 0.05) is 10.6 Å². The third kappa shape index (κ3) is 5.69. The maximum atomic E-state index is 12.8. The van der Waals surface area contributed by atoms with E-state index in [0.29, 0.717) is 17.5 Å². The number of carboxylic acids is 1.